The van der Waals surface area contributed by atoms with Gasteiger partial charge in [-0.2, -0.15) is 0 Å². The van der Waals surface area contributed by atoms with Gasteiger partial charge in [0.1, 0.15) is 48.8 Å². The van der Waals surface area contributed by atoms with Crippen molar-refractivity contribution in [2.45, 2.75) is 235 Å². The largest absolute Gasteiger partial charge is 0.394 e. The van der Waals surface area contributed by atoms with E-state index in [0.29, 0.717) is 6.42 Å². The second-order valence-electron chi connectivity index (χ2n) is 18.6. The van der Waals surface area contributed by atoms with E-state index >= 15 is 0 Å². The fourth-order valence-electron chi connectivity index (χ4n) is 8.15. The molecular formula is C57H95NO13. The Labute approximate surface area is 426 Å². The predicted octanol–water partition coefficient (Wildman–Crippen LogP) is 7.93. The number of carbonyl (C=O) groups is 1. The van der Waals surface area contributed by atoms with E-state index in [1.807, 2.05) is 6.08 Å². The number of aliphatic hydroxyl groups is 8. The van der Waals surface area contributed by atoms with Crippen LogP contribution in [0.25, 0.3) is 0 Å². The van der Waals surface area contributed by atoms with Gasteiger partial charge in [-0.1, -0.05) is 175 Å². The second-order valence-corrected chi connectivity index (χ2v) is 18.6. The highest BCUT2D eigenvalue weighted by atomic mass is 16.7. The molecule has 14 heteroatoms. The predicted molar refractivity (Wildman–Crippen MR) is 281 cm³/mol. The van der Waals surface area contributed by atoms with Gasteiger partial charge in [-0.3, -0.25) is 4.79 Å². The average Bonchev–Trinajstić information content (AvgIpc) is 3.37. The Bertz CT molecular complexity index is 1560. The third-order valence-corrected chi connectivity index (χ3v) is 12.5. The molecule has 2 fully saturated rings. The number of hydrogen-bond acceptors (Lipinski definition) is 13. The summed E-state index contributed by atoms with van der Waals surface area (Å²) >= 11 is 0. The number of aliphatic hydroxyl groups excluding tert-OH is 8. The first-order valence-electron chi connectivity index (χ1n) is 27.0. The molecule has 71 heavy (non-hydrogen) atoms. The molecule has 12 unspecified atom stereocenters. The number of rotatable bonds is 40. The summed E-state index contributed by atoms with van der Waals surface area (Å²) in [4.78, 5) is 13.2. The van der Waals surface area contributed by atoms with Crippen molar-refractivity contribution < 1.29 is 64.6 Å². The van der Waals surface area contributed by atoms with Crippen LogP contribution >= 0.6 is 0 Å². The fraction of sp³-hybridized carbons (Fsp3) is 0.702. The zero-order valence-corrected chi connectivity index (χ0v) is 43.2. The molecule has 14 nitrogen and oxygen atoms in total. The van der Waals surface area contributed by atoms with Gasteiger partial charge in [0.15, 0.2) is 12.6 Å². The van der Waals surface area contributed by atoms with Gasteiger partial charge in [-0.05, 0) is 77.0 Å². The lowest BCUT2D eigenvalue weighted by Gasteiger charge is -2.46. The maximum absolute atomic E-state index is 13.2. The Balaban J connectivity index is 1.81. The highest BCUT2D eigenvalue weighted by Gasteiger charge is 2.51. The first-order chi connectivity index (χ1) is 34.6. The van der Waals surface area contributed by atoms with Crippen LogP contribution in [0.3, 0.4) is 0 Å². The van der Waals surface area contributed by atoms with E-state index in [0.717, 1.165) is 89.9 Å². The van der Waals surface area contributed by atoms with E-state index in [2.05, 4.69) is 104 Å². The van der Waals surface area contributed by atoms with Crippen LogP contribution in [-0.2, 0) is 23.7 Å². The van der Waals surface area contributed by atoms with Crippen molar-refractivity contribution in [1.82, 2.24) is 5.32 Å². The van der Waals surface area contributed by atoms with Crippen LogP contribution in [0.1, 0.15) is 162 Å². The van der Waals surface area contributed by atoms with Crippen LogP contribution in [0, 0.1) is 0 Å². The molecule has 0 saturated carbocycles. The van der Waals surface area contributed by atoms with Crippen LogP contribution in [-0.4, -0.2) is 140 Å². The van der Waals surface area contributed by atoms with Crippen molar-refractivity contribution in [3.8, 4) is 0 Å². The number of amides is 1. The van der Waals surface area contributed by atoms with E-state index in [4.69, 9.17) is 18.9 Å². The molecule has 1 amide bonds. The van der Waals surface area contributed by atoms with E-state index in [1.165, 1.54) is 44.9 Å². The highest BCUT2D eigenvalue weighted by molar-refractivity contribution is 5.76. The van der Waals surface area contributed by atoms with Gasteiger partial charge in [-0.15, -0.1) is 0 Å². The average molecular weight is 1000 g/mol. The van der Waals surface area contributed by atoms with E-state index in [9.17, 15) is 45.6 Å². The summed E-state index contributed by atoms with van der Waals surface area (Å²) in [5.74, 6) is -0.277. The molecule has 2 rings (SSSR count). The molecule has 9 N–H and O–H groups in total. The molecule has 2 saturated heterocycles. The molecule has 0 aliphatic carbocycles. The summed E-state index contributed by atoms with van der Waals surface area (Å²) in [5, 5.41) is 86.8. The maximum atomic E-state index is 13.2. The summed E-state index contributed by atoms with van der Waals surface area (Å²) in [5.41, 5.74) is 0. The van der Waals surface area contributed by atoms with Crippen molar-refractivity contribution in [2.75, 3.05) is 19.8 Å². The third kappa shape index (κ3) is 28.8. The molecule has 2 aliphatic rings. The molecule has 0 aromatic rings. The molecular weight excluding hydrogens is 907 g/mol. The Morgan fingerprint density at radius 1 is 0.521 bits per heavy atom. The number of nitrogens with one attached hydrogen (secondary N) is 1. The SMILES string of the molecule is CC/C=C\C/C=C\C/C=C\C/C=C\C/C=C\C/C=C\C/C=C\CCCCCC(=O)NC(COC1OC(CO)C(OC2OC(CO)C(O)C(O)C2O)C(O)C1O)C(O)/C=C/CCCCCCCCCCCC. The minimum Gasteiger partial charge on any atom is -0.394 e. The fourth-order valence-corrected chi connectivity index (χ4v) is 8.15. The Morgan fingerprint density at radius 3 is 1.49 bits per heavy atom. The number of allylic oxidation sites excluding steroid dienone is 15. The van der Waals surface area contributed by atoms with Crippen LogP contribution in [0.5, 0.6) is 0 Å². The van der Waals surface area contributed by atoms with Crippen molar-refractivity contribution in [3.05, 3.63) is 97.2 Å². The number of carbonyl (C=O) groups excluding carboxylic acids is 1. The third-order valence-electron chi connectivity index (χ3n) is 12.5. The summed E-state index contributed by atoms with van der Waals surface area (Å²) in [6, 6.07) is -0.938. The minimum atomic E-state index is -1.80. The van der Waals surface area contributed by atoms with Crippen molar-refractivity contribution in [2.24, 2.45) is 0 Å². The monoisotopic (exact) mass is 1000 g/mol. The summed E-state index contributed by atoms with van der Waals surface area (Å²) in [6.45, 7) is 2.61. The first-order valence-corrected chi connectivity index (χ1v) is 27.0. The van der Waals surface area contributed by atoms with Gasteiger partial charge in [0.2, 0.25) is 5.91 Å². The summed E-state index contributed by atoms with van der Waals surface area (Å²) in [6.07, 6.45) is 40.1. The number of hydrogen-bond donors (Lipinski definition) is 9. The summed E-state index contributed by atoms with van der Waals surface area (Å²) < 4.78 is 22.7. The molecule has 0 aromatic carbocycles. The first kappa shape index (κ1) is 64.0. The molecule has 0 bridgehead atoms. The van der Waals surface area contributed by atoms with E-state index in [-0.39, 0.29) is 18.9 Å². The Kier molecular flexibility index (Phi) is 38.1. The number of unbranched alkanes of at least 4 members (excludes halogenated alkanes) is 13. The minimum absolute atomic E-state index is 0.235. The molecule has 0 aromatic heterocycles. The molecule has 0 radical (unpaired) electrons. The molecule has 406 valence electrons. The lowest BCUT2D eigenvalue weighted by atomic mass is 9.97. The second kappa shape index (κ2) is 42.3. The standard InChI is InChI=1S/C57H95NO13/c1-3-5-7-9-11-13-15-17-18-19-20-21-22-23-24-25-26-27-28-29-31-33-35-37-39-41-49(62)58-45(46(61)40-38-36-34-32-30-16-14-12-10-8-6-4-2)44-68-56-54(67)52(65)55(48(43-60)70-56)71-57-53(66)51(64)50(63)47(42-59)69-57/h5,7,11,13,17-18,20-21,23-24,26-27,29,31,38,40,45-48,50-57,59-61,63-67H,3-4,6,8-10,12,14-16,19,22,25,28,30,32-37,39,41-44H2,1-2H3,(H,58,62)/b7-5-,13-11-,18-17-,21-20-,24-23-,27-26-,31-29-,40-38+. The Morgan fingerprint density at radius 2 is 0.972 bits per heavy atom. The van der Waals surface area contributed by atoms with Gasteiger partial charge in [-0.25, -0.2) is 0 Å². The smallest absolute Gasteiger partial charge is 0.220 e. The van der Waals surface area contributed by atoms with Gasteiger partial charge >= 0.3 is 0 Å². The lowest BCUT2D eigenvalue weighted by Crippen LogP contribution is -2.65. The van der Waals surface area contributed by atoms with Crippen LogP contribution < -0.4 is 5.32 Å². The zero-order chi connectivity index (χ0) is 51.7. The van der Waals surface area contributed by atoms with E-state index < -0.39 is 86.8 Å². The lowest BCUT2D eigenvalue weighted by molar-refractivity contribution is -0.359. The quantitative estimate of drug-likeness (QED) is 0.0210. The van der Waals surface area contributed by atoms with Crippen molar-refractivity contribution >= 4 is 5.91 Å². The summed E-state index contributed by atoms with van der Waals surface area (Å²) in [7, 11) is 0. The Hall–Kier alpha value is -3.09. The van der Waals surface area contributed by atoms with Gasteiger partial charge < -0.3 is 65.1 Å². The normalized spacial score (nSPS) is 26.6. The molecule has 2 aliphatic heterocycles. The van der Waals surface area contributed by atoms with Crippen molar-refractivity contribution in [1.29, 1.82) is 0 Å². The topological polar surface area (TPSA) is 228 Å². The van der Waals surface area contributed by atoms with Gasteiger partial charge in [0, 0.05) is 6.42 Å². The van der Waals surface area contributed by atoms with Crippen LogP contribution in [0.4, 0.5) is 0 Å². The molecule has 2 heterocycles. The zero-order valence-electron chi connectivity index (χ0n) is 43.2. The van der Waals surface area contributed by atoms with Crippen LogP contribution in [0.2, 0.25) is 0 Å². The molecule has 0 spiro atoms. The molecule has 12 atom stereocenters. The maximum Gasteiger partial charge on any atom is 0.220 e. The van der Waals surface area contributed by atoms with E-state index in [1.54, 1.807) is 6.08 Å². The van der Waals surface area contributed by atoms with Gasteiger partial charge in [0.25, 0.3) is 0 Å². The van der Waals surface area contributed by atoms with Crippen LogP contribution in [0.15, 0.2) is 97.2 Å². The number of ether oxygens (including phenoxy) is 4. The van der Waals surface area contributed by atoms with Gasteiger partial charge in [0.05, 0.1) is 32.0 Å². The highest BCUT2D eigenvalue weighted by Crippen LogP contribution is 2.30. The van der Waals surface area contributed by atoms with Crippen molar-refractivity contribution in [3.63, 3.8) is 0 Å².